The van der Waals surface area contributed by atoms with Crippen LogP contribution >= 0.6 is 11.3 Å². The van der Waals surface area contributed by atoms with Gasteiger partial charge in [0.05, 0.1) is 6.04 Å². The maximum Gasteiger partial charge on any atom is 0.331 e. The number of carbonyl (C=O) groups excluding carboxylic acids is 2. The van der Waals surface area contributed by atoms with Crippen molar-refractivity contribution >= 4 is 29.3 Å². The van der Waals surface area contributed by atoms with E-state index >= 15 is 0 Å². The minimum Gasteiger partial charge on any atom is -0.486 e. The van der Waals surface area contributed by atoms with Gasteiger partial charge in [0, 0.05) is 6.08 Å². The van der Waals surface area contributed by atoms with Gasteiger partial charge >= 0.3 is 5.97 Å². The van der Waals surface area contributed by atoms with E-state index in [1.54, 1.807) is 6.08 Å². The lowest BCUT2D eigenvalue weighted by molar-refractivity contribution is -0.144. The molecule has 1 amide bonds. The summed E-state index contributed by atoms with van der Waals surface area (Å²) in [5, 5.41) is 6.62. The van der Waals surface area contributed by atoms with Gasteiger partial charge in [0.2, 0.25) is 0 Å². The Kier molecular flexibility index (Phi) is 5.91. The van der Waals surface area contributed by atoms with Crippen molar-refractivity contribution in [1.82, 2.24) is 5.32 Å². The third-order valence-electron chi connectivity index (χ3n) is 3.74. The Balaban J connectivity index is 1.47. The number of rotatable bonds is 6. The van der Waals surface area contributed by atoms with Crippen molar-refractivity contribution in [2.75, 3.05) is 19.8 Å². The number of hydrogen-bond acceptors (Lipinski definition) is 6. The number of ether oxygens (including phenoxy) is 3. The molecule has 0 saturated carbocycles. The van der Waals surface area contributed by atoms with E-state index in [0.29, 0.717) is 24.7 Å². The van der Waals surface area contributed by atoms with Crippen LogP contribution in [0.15, 0.2) is 41.1 Å². The zero-order valence-corrected chi connectivity index (χ0v) is 15.1. The fraction of sp³-hybridized carbons (Fsp3) is 0.263. The highest BCUT2D eigenvalue weighted by Gasteiger charge is 2.16. The predicted octanol–water partition coefficient (Wildman–Crippen LogP) is 2.95. The predicted molar refractivity (Wildman–Crippen MR) is 98.3 cm³/mol. The molecule has 0 radical (unpaired) electrons. The lowest BCUT2D eigenvalue weighted by Crippen LogP contribution is -2.31. The minimum absolute atomic E-state index is 0.252. The molecule has 136 valence electrons. The molecule has 1 aromatic heterocycles. The SMILES string of the molecule is C[C@H](NC(=O)COC(=O)/C=C/c1ccsc1)c1ccc2c(c1)OCCO2. The molecule has 26 heavy (non-hydrogen) atoms. The maximum absolute atomic E-state index is 12.0. The van der Waals surface area contributed by atoms with Crippen molar-refractivity contribution in [2.45, 2.75) is 13.0 Å². The first-order chi connectivity index (χ1) is 12.6. The Morgan fingerprint density at radius 3 is 2.85 bits per heavy atom. The standard InChI is InChI=1S/C19H19NO5S/c1-13(15-3-4-16-17(10-15)24-8-7-23-16)20-18(21)11-25-19(22)5-2-14-6-9-26-12-14/h2-6,9-10,12-13H,7-8,11H2,1H3,(H,20,21)/b5-2+/t13-/m0/s1. The summed E-state index contributed by atoms with van der Waals surface area (Å²) in [7, 11) is 0. The van der Waals surface area contributed by atoms with Gasteiger partial charge in [-0.2, -0.15) is 11.3 Å². The van der Waals surface area contributed by atoms with E-state index in [4.69, 9.17) is 14.2 Å². The van der Waals surface area contributed by atoms with Crippen LogP contribution in [0.3, 0.4) is 0 Å². The summed E-state index contributed by atoms with van der Waals surface area (Å²) >= 11 is 1.54. The van der Waals surface area contributed by atoms with Gasteiger partial charge < -0.3 is 19.5 Å². The van der Waals surface area contributed by atoms with E-state index in [9.17, 15) is 9.59 Å². The molecule has 2 aromatic rings. The molecular formula is C19H19NO5S. The molecule has 7 heteroatoms. The monoisotopic (exact) mass is 373 g/mol. The minimum atomic E-state index is -0.557. The van der Waals surface area contributed by atoms with Gasteiger partial charge in [0.25, 0.3) is 5.91 Å². The first kappa shape index (κ1) is 18.0. The molecule has 0 unspecified atom stereocenters. The average molecular weight is 373 g/mol. The second kappa shape index (κ2) is 8.53. The van der Waals surface area contributed by atoms with Crippen LogP contribution < -0.4 is 14.8 Å². The molecule has 6 nitrogen and oxygen atoms in total. The van der Waals surface area contributed by atoms with Crippen molar-refractivity contribution in [3.8, 4) is 11.5 Å². The summed E-state index contributed by atoms with van der Waals surface area (Å²) in [6, 6.07) is 7.17. The van der Waals surface area contributed by atoms with Crippen LogP contribution in [0.25, 0.3) is 6.08 Å². The van der Waals surface area contributed by atoms with Crippen LogP contribution in [0.2, 0.25) is 0 Å². The summed E-state index contributed by atoms with van der Waals surface area (Å²) in [5.41, 5.74) is 1.80. The van der Waals surface area contributed by atoms with Gasteiger partial charge in [0.1, 0.15) is 13.2 Å². The highest BCUT2D eigenvalue weighted by Crippen LogP contribution is 2.32. The summed E-state index contributed by atoms with van der Waals surface area (Å²) < 4.78 is 16.0. The van der Waals surface area contributed by atoms with Crippen LogP contribution in [0.4, 0.5) is 0 Å². The Morgan fingerprint density at radius 1 is 1.27 bits per heavy atom. The smallest absolute Gasteiger partial charge is 0.331 e. The number of fused-ring (bicyclic) bond motifs is 1. The molecule has 1 aliphatic rings. The third-order valence-corrected chi connectivity index (χ3v) is 4.45. The molecule has 1 aliphatic heterocycles. The van der Waals surface area contributed by atoms with Crippen LogP contribution in [0.5, 0.6) is 11.5 Å². The Hall–Kier alpha value is -2.80. The highest BCUT2D eigenvalue weighted by atomic mass is 32.1. The van der Waals surface area contributed by atoms with Gasteiger partial charge in [0.15, 0.2) is 18.1 Å². The molecule has 2 heterocycles. The molecular weight excluding hydrogens is 354 g/mol. The molecule has 1 atom stereocenters. The maximum atomic E-state index is 12.0. The number of thiophene rings is 1. The Morgan fingerprint density at radius 2 is 2.08 bits per heavy atom. The molecule has 0 bridgehead atoms. The first-order valence-corrected chi connectivity index (χ1v) is 9.12. The van der Waals surface area contributed by atoms with E-state index in [1.807, 2.05) is 41.9 Å². The fourth-order valence-electron chi connectivity index (χ4n) is 2.41. The molecule has 1 aromatic carbocycles. The zero-order chi connectivity index (χ0) is 18.4. The second-order valence-corrected chi connectivity index (χ2v) is 6.47. The van der Waals surface area contributed by atoms with E-state index in [-0.39, 0.29) is 18.6 Å². The Bertz CT molecular complexity index is 800. The number of esters is 1. The zero-order valence-electron chi connectivity index (χ0n) is 14.3. The number of benzene rings is 1. The molecule has 1 N–H and O–H groups in total. The number of amides is 1. The highest BCUT2D eigenvalue weighted by molar-refractivity contribution is 7.08. The van der Waals surface area contributed by atoms with Crippen LogP contribution in [-0.4, -0.2) is 31.7 Å². The largest absolute Gasteiger partial charge is 0.486 e. The topological polar surface area (TPSA) is 73.9 Å². The third kappa shape index (κ3) is 4.86. The van der Waals surface area contributed by atoms with Crippen molar-refractivity contribution in [3.05, 3.63) is 52.2 Å². The van der Waals surface area contributed by atoms with E-state index in [0.717, 1.165) is 11.1 Å². The summed E-state index contributed by atoms with van der Waals surface area (Å²) in [4.78, 5) is 23.6. The van der Waals surface area contributed by atoms with Crippen LogP contribution in [0.1, 0.15) is 24.1 Å². The molecule has 0 aliphatic carbocycles. The van der Waals surface area contributed by atoms with Crippen LogP contribution in [0, 0.1) is 0 Å². The van der Waals surface area contributed by atoms with Gasteiger partial charge in [-0.15, -0.1) is 0 Å². The van der Waals surface area contributed by atoms with Crippen molar-refractivity contribution in [2.24, 2.45) is 0 Å². The van der Waals surface area contributed by atoms with Gasteiger partial charge in [-0.05, 0) is 53.1 Å². The van der Waals surface area contributed by atoms with E-state index in [1.165, 1.54) is 17.4 Å². The second-order valence-electron chi connectivity index (χ2n) is 5.69. The van der Waals surface area contributed by atoms with Gasteiger partial charge in [-0.1, -0.05) is 6.07 Å². The normalized spacial score (nSPS) is 14.0. The van der Waals surface area contributed by atoms with Crippen molar-refractivity contribution < 1.29 is 23.8 Å². The number of hydrogen-bond donors (Lipinski definition) is 1. The summed E-state index contributed by atoms with van der Waals surface area (Å²) in [5.74, 6) is 0.438. The fourth-order valence-corrected chi connectivity index (χ4v) is 3.04. The number of carbonyl (C=O) groups is 2. The Labute approximate surface area is 155 Å². The quantitative estimate of drug-likeness (QED) is 0.622. The van der Waals surface area contributed by atoms with Gasteiger partial charge in [-0.3, -0.25) is 4.79 Å². The average Bonchev–Trinajstić information content (AvgIpc) is 3.18. The molecule has 0 fully saturated rings. The molecule has 0 spiro atoms. The van der Waals surface area contributed by atoms with Crippen molar-refractivity contribution in [3.63, 3.8) is 0 Å². The van der Waals surface area contributed by atoms with Crippen LogP contribution in [-0.2, 0) is 14.3 Å². The first-order valence-electron chi connectivity index (χ1n) is 8.18. The molecule has 3 rings (SSSR count). The molecule has 0 saturated heterocycles. The number of nitrogens with one attached hydrogen (secondary N) is 1. The van der Waals surface area contributed by atoms with Gasteiger partial charge in [-0.25, -0.2) is 4.79 Å². The lowest BCUT2D eigenvalue weighted by atomic mass is 10.1. The van der Waals surface area contributed by atoms with Crippen molar-refractivity contribution in [1.29, 1.82) is 0 Å². The van der Waals surface area contributed by atoms with E-state index in [2.05, 4.69) is 5.32 Å². The summed E-state index contributed by atoms with van der Waals surface area (Å²) in [6.07, 6.45) is 2.95. The summed E-state index contributed by atoms with van der Waals surface area (Å²) in [6.45, 7) is 2.56. The van der Waals surface area contributed by atoms with E-state index < -0.39 is 5.97 Å². The lowest BCUT2D eigenvalue weighted by Gasteiger charge is -2.21.